The van der Waals surface area contributed by atoms with Crippen LogP contribution in [0.15, 0.2) is 48.0 Å². The number of aliphatic hydroxyl groups is 1. The highest BCUT2D eigenvalue weighted by Crippen LogP contribution is 2.44. The Morgan fingerprint density at radius 2 is 1.82 bits per heavy atom. The van der Waals surface area contributed by atoms with E-state index in [4.69, 9.17) is 14.2 Å². The maximum atomic E-state index is 13.5. The standard InChI is InChI=1S/C29H30N2O7S/c1-6-14-38-21-13-10-19(15-16(21)3)24(32)22-23(18-8-11-20(36-5)12-9-18)31(27(34)25(22)33)29-30-17(4)26(39-29)28(35)37-7-2/h8-13,15,23,32H,6-7,14H2,1-5H3/b24-22-. The van der Waals surface area contributed by atoms with Crippen molar-refractivity contribution in [3.63, 3.8) is 0 Å². The lowest BCUT2D eigenvalue weighted by Gasteiger charge is -2.23. The lowest BCUT2D eigenvalue weighted by Crippen LogP contribution is -2.29. The minimum Gasteiger partial charge on any atom is -0.507 e. The van der Waals surface area contributed by atoms with Crippen LogP contribution >= 0.6 is 11.3 Å². The second-order valence-corrected chi connectivity index (χ2v) is 9.88. The third-order valence-electron chi connectivity index (χ3n) is 6.24. The average Bonchev–Trinajstić information content (AvgIpc) is 3.44. The topological polar surface area (TPSA) is 115 Å². The van der Waals surface area contributed by atoms with Gasteiger partial charge in [0.25, 0.3) is 5.78 Å². The van der Waals surface area contributed by atoms with E-state index < -0.39 is 23.7 Å². The number of aromatic nitrogens is 1. The van der Waals surface area contributed by atoms with Crippen LogP contribution in [0.1, 0.15) is 58.4 Å². The molecule has 0 saturated carbocycles. The molecule has 9 nitrogen and oxygen atoms in total. The van der Waals surface area contributed by atoms with Gasteiger partial charge in [-0.2, -0.15) is 0 Å². The summed E-state index contributed by atoms with van der Waals surface area (Å²) in [6, 6.07) is 10.9. The number of esters is 1. The van der Waals surface area contributed by atoms with Gasteiger partial charge in [-0.3, -0.25) is 14.5 Å². The summed E-state index contributed by atoms with van der Waals surface area (Å²) in [5.74, 6) is -1.34. The first-order valence-electron chi connectivity index (χ1n) is 12.5. The summed E-state index contributed by atoms with van der Waals surface area (Å²) in [6.07, 6.45) is 0.848. The molecular formula is C29H30N2O7S. The van der Waals surface area contributed by atoms with Gasteiger partial charge >= 0.3 is 11.9 Å². The number of benzene rings is 2. The van der Waals surface area contributed by atoms with Crippen LogP contribution in [-0.4, -0.2) is 48.1 Å². The molecule has 1 aliphatic heterocycles. The minimum absolute atomic E-state index is 0.0858. The van der Waals surface area contributed by atoms with Crippen LogP contribution in [0.2, 0.25) is 0 Å². The number of ether oxygens (including phenoxy) is 3. The van der Waals surface area contributed by atoms with Crippen molar-refractivity contribution in [2.75, 3.05) is 25.2 Å². The molecule has 2 aromatic carbocycles. The Kier molecular flexibility index (Phi) is 8.35. The van der Waals surface area contributed by atoms with Crippen molar-refractivity contribution in [3.05, 3.63) is 75.3 Å². The van der Waals surface area contributed by atoms with E-state index in [1.807, 2.05) is 13.8 Å². The number of nitrogens with zero attached hydrogens (tertiary/aromatic N) is 2. The van der Waals surface area contributed by atoms with E-state index in [0.717, 1.165) is 23.3 Å². The van der Waals surface area contributed by atoms with Crippen LogP contribution < -0.4 is 14.4 Å². The summed E-state index contributed by atoms with van der Waals surface area (Å²) in [5, 5.41) is 11.6. The van der Waals surface area contributed by atoms with Crippen LogP contribution in [-0.2, 0) is 14.3 Å². The average molecular weight is 551 g/mol. The van der Waals surface area contributed by atoms with Crippen LogP contribution in [0.25, 0.3) is 5.76 Å². The number of methoxy groups -OCH3 is 1. The molecule has 0 spiro atoms. The third-order valence-corrected chi connectivity index (χ3v) is 7.37. The molecule has 1 N–H and O–H groups in total. The van der Waals surface area contributed by atoms with Crippen molar-refractivity contribution in [2.24, 2.45) is 0 Å². The summed E-state index contributed by atoms with van der Waals surface area (Å²) >= 11 is 0.960. The zero-order valence-electron chi connectivity index (χ0n) is 22.4. The molecule has 39 heavy (non-hydrogen) atoms. The van der Waals surface area contributed by atoms with E-state index >= 15 is 0 Å². The zero-order chi connectivity index (χ0) is 28.3. The van der Waals surface area contributed by atoms with E-state index in [2.05, 4.69) is 4.98 Å². The second-order valence-electron chi connectivity index (χ2n) is 8.90. The molecule has 1 unspecified atom stereocenters. The van der Waals surface area contributed by atoms with Gasteiger partial charge in [0, 0.05) is 5.56 Å². The van der Waals surface area contributed by atoms with Crippen molar-refractivity contribution in [2.45, 2.75) is 40.2 Å². The molecule has 4 rings (SSSR count). The normalized spacial score (nSPS) is 16.4. The van der Waals surface area contributed by atoms with Gasteiger partial charge in [0.2, 0.25) is 0 Å². The van der Waals surface area contributed by atoms with E-state index in [0.29, 0.717) is 34.9 Å². The fraction of sp³-hybridized carbons (Fsp3) is 0.310. The third kappa shape index (κ3) is 5.37. The molecule has 2 heterocycles. The van der Waals surface area contributed by atoms with E-state index in [1.54, 1.807) is 56.3 Å². The van der Waals surface area contributed by atoms with Crippen molar-refractivity contribution < 1.29 is 33.7 Å². The number of Topliss-reactive ketones (excluding diaryl/α,β-unsaturated/α-hetero) is 1. The van der Waals surface area contributed by atoms with Crippen molar-refractivity contribution in [1.29, 1.82) is 0 Å². The highest BCUT2D eigenvalue weighted by molar-refractivity contribution is 7.17. The number of hydrogen-bond donors (Lipinski definition) is 1. The summed E-state index contributed by atoms with van der Waals surface area (Å²) in [6.45, 7) is 7.92. The molecule has 0 aliphatic carbocycles. The molecule has 1 saturated heterocycles. The minimum atomic E-state index is -0.993. The number of carbonyl (C=O) groups excluding carboxylic acids is 3. The van der Waals surface area contributed by atoms with Gasteiger partial charge in [-0.05, 0) is 68.7 Å². The number of aryl methyl sites for hydroxylation is 2. The van der Waals surface area contributed by atoms with Crippen molar-refractivity contribution >= 4 is 39.9 Å². The van der Waals surface area contributed by atoms with E-state index in [-0.39, 0.29) is 27.9 Å². The SMILES string of the molecule is CCCOc1ccc(/C(O)=C2/C(=O)C(=O)N(c3nc(C)c(C(=O)OCC)s3)C2c2ccc(OC)cc2)cc1C. The lowest BCUT2D eigenvalue weighted by molar-refractivity contribution is -0.132. The Hall–Kier alpha value is -4.18. The Morgan fingerprint density at radius 3 is 2.44 bits per heavy atom. The van der Waals surface area contributed by atoms with E-state index in [9.17, 15) is 19.5 Å². The molecule has 0 bridgehead atoms. The Labute approximate surface area is 230 Å². The first kappa shape index (κ1) is 27.8. The maximum Gasteiger partial charge on any atom is 0.350 e. The highest BCUT2D eigenvalue weighted by atomic mass is 32.1. The summed E-state index contributed by atoms with van der Waals surface area (Å²) in [4.78, 5) is 45.3. The number of hydrogen-bond acceptors (Lipinski definition) is 9. The van der Waals surface area contributed by atoms with Crippen LogP contribution in [0.4, 0.5) is 5.13 Å². The molecule has 0 radical (unpaired) electrons. The van der Waals surface area contributed by atoms with Gasteiger partial charge in [0.1, 0.15) is 22.1 Å². The Bertz CT molecular complexity index is 1440. The molecule has 10 heteroatoms. The number of ketones is 1. The van der Waals surface area contributed by atoms with E-state index in [1.165, 1.54) is 12.0 Å². The summed E-state index contributed by atoms with van der Waals surface area (Å²) in [5.41, 5.74) is 1.99. The number of carbonyl (C=O) groups is 3. The number of aliphatic hydroxyl groups excluding tert-OH is 1. The molecule has 1 amide bonds. The lowest BCUT2D eigenvalue weighted by atomic mass is 9.95. The zero-order valence-corrected chi connectivity index (χ0v) is 23.3. The molecule has 1 aliphatic rings. The Balaban J connectivity index is 1.87. The molecule has 1 aromatic heterocycles. The number of anilines is 1. The smallest absolute Gasteiger partial charge is 0.350 e. The van der Waals surface area contributed by atoms with Crippen molar-refractivity contribution in [1.82, 2.24) is 4.98 Å². The van der Waals surface area contributed by atoms with Gasteiger partial charge in [-0.1, -0.05) is 30.4 Å². The summed E-state index contributed by atoms with van der Waals surface area (Å²) < 4.78 is 16.1. The maximum absolute atomic E-state index is 13.5. The van der Waals surface area contributed by atoms with Gasteiger partial charge in [0.15, 0.2) is 5.13 Å². The monoisotopic (exact) mass is 550 g/mol. The van der Waals surface area contributed by atoms with Gasteiger partial charge < -0.3 is 19.3 Å². The fourth-order valence-corrected chi connectivity index (χ4v) is 5.32. The largest absolute Gasteiger partial charge is 0.507 e. The second kappa shape index (κ2) is 11.7. The first-order valence-corrected chi connectivity index (χ1v) is 13.4. The number of thiazole rings is 1. The fourth-order valence-electron chi connectivity index (χ4n) is 4.33. The molecule has 1 atom stereocenters. The molecule has 1 fully saturated rings. The predicted molar refractivity (Wildman–Crippen MR) is 148 cm³/mol. The van der Waals surface area contributed by atoms with Crippen LogP contribution in [0, 0.1) is 13.8 Å². The predicted octanol–water partition coefficient (Wildman–Crippen LogP) is 5.36. The first-order chi connectivity index (χ1) is 18.7. The number of amides is 1. The Morgan fingerprint density at radius 1 is 1.10 bits per heavy atom. The summed E-state index contributed by atoms with van der Waals surface area (Å²) in [7, 11) is 1.53. The number of rotatable bonds is 9. The van der Waals surface area contributed by atoms with Gasteiger partial charge in [0.05, 0.1) is 37.6 Å². The highest BCUT2D eigenvalue weighted by Gasteiger charge is 2.48. The molecular weight excluding hydrogens is 520 g/mol. The molecule has 3 aromatic rings. The van der Waals surface area contributed by atoms with Crippen LogP contribution in [0.5, 0.6) is 11.5 Å². The van der Waals surface area contributed by atoms with Crippen LogP contribution in [0.3, 0.4) is 0 Å². The molecule has 204 valence electrons. The van der Waals surface area contributed by atoms with Crippen molar-refractivity contribution in [3.8, 4) is 11.5 Å². The quantitative estimate of drug-likeness (QED) is 0.164. The van der Waals surface area contributed by atoms with Gasteiger partial charge in [-0.15, -0.1) is 0 Å². The van der Waals surface area contributed by atoms with Gasteiger partial charge in [-0.25, -0.2) is 9.78 Å².